The Morgan fingerprint density at radius 2 is 2.00 bits per heavy atom. The van der Waals surface area contributed by atoms with Crippen molar-refractivity contribution in [2.45, 2.75) is 32.7 Å². The summed E-state index contributed by atoms with van der Waals surface area (Å²) >= 11 is 0. The van der Waals surface area contributed by atoms with E-state index >= 15 is 0 Å². The Morgan fingerprint density at radius 3 is 2.43 bits per heavy atom. The summed E-state index contributed by atoms with van der Waals surface area (Å²) in [6.07, 6.45) is -1.69. The van der Waals surface area contributed by atoms with Gasteiger partial charge in [-0.15, -0.1) is 0 Å². The SMILES string of the molecule is C=C(C)C1=C(C(F)C(C)C)S(=O)(=O)Cc2c(C(=O)O)nn(C)c21. The first-order valence-electron chi connectivity index (χ1n) is 7.05. The smallest absolute Gasteiger partial charge is 0.356 e. The number of carboxylic acid groups (broad SMARTS) is 1. The number of carbonyl (C=O) groups is 1. The largest absolute Gasteiger partial charge is 0.476 e. The molecule has 8 heteroatoms. The molecule has 1 aromatic rings. The van der Waals surface area contributed by atoms with Crippen LogP contribution in [0.25, 0.3) is 5.57 Å². The zero-order valence-corrected chi connectivity index (χ0v) is 14.2. The number of aryl methyl sites for hydroxylation is 1. The lowest BCUT2D eigenvalue weighted by atomic mass is 9.96. The molecular formula is C15H19FN2O4S. The van der Waals surface area contributed by atoms with E-state index in [1.54, 1.807) is 20.8 Å². The Hall–Kier alpha value is -1.96. The van der Waals surface area contributed by atoms with Gasteiger partial charge in [0.2, 0.25) is 0 Å². The minimum absolute atomic E-state index is 0.0812. The Morgan fingerprint density at radius 1 is 1.43 bits per heavy atom. The third-order valence-corrected chi connectivity index (χ3v) is 5.53. The molecule has 6 nitrogen and oxygen atoms in total. The van der Waals surface area contributed by atoms with Gasteiger partial charge in [0.05, 0.1) is 16.4 Å². The van der Waals surface area contributed by atoms with Crippen LogP contribution in [0.5, 0.6) is 0 Å². The van der Waals surface area contributed by atoms with Crippen molar-refractivity contribution in [2.24, 2.45) is 13.0 Å². The fraction of sp³-hybridized carbons (Fsp3) is 0.467. The second-order valence-corrected chi connectivity index (χ2v) is 7.99. The van der Waals surface area contributed by atoms with Crippen LogP contribution in [0.4, 0.5) is 4.39 Å². The van der Waals surface area contributed by atoms with Crippen LogP contribution in [0.1, 0.15) is 42.5 Å². The monoisotopic (exact) mass is 342 g/mol. The van der Waals surface area contributed by atoms with Crippen molar-refractivity contribution < 1.29 is 22.7 Å². The normalized spacial score (nSPS) is 18.0. The van der Waals surface area contributed by atoms with Crippen LogP contribution in [-0.2, 0) is 22.6 Å². The summed E-state index contributed by atoms with van der Waals surface area (Å²) in [5, 5.41) is 13.1. The summed E-state index contributed by atoms with van der Waals surface area (Å²) in [6, 6.07) is 0. The molecule has 0 saturated carbocycles. The van der Waals surface area contributed by atoms with Crippen LogP contribution in [-0.4, -0.2) is 35.4 Å². The lowest BCUT2D eigenvalue weighted by molar-refractivity contribution is 0.0688. The predicted octanol–water partition coefficient (Wildman–Crippen LogP) is 2.33. The molecular weight excluding hydrogens is 323 g/mol. The molecule has 126 valence electrons. The first-order chi connectivity index (χ1) is 10.5. The summed E-state index contributed by atoms with van der Waals surface area (Å²) in [7, 11) is -2.48. The first kappa shape index (κ1) is 17.4. The number of alkyl halides is 1. The van der Waals surface area contributed by atoms with Gasteiger partial charge in [0.1, 0.15) is 6.17 Å². The molecule has 1 aromatic heterocycles. The number of halogens is 1. The average molecular weight is 342 g/mol. The van der Waals surface area contributed by atoms with E-state index < -0.39 is 33.6 Å². The van der Waals surface area contributed by atoms with Gasteiger partial charge < -0.3 is 5.11 Å². The molecule has 2 rings (SSSR count). The Bertz CT molecular complexity index is 834. The van der Waals surface area contributed by atoms with Gasteiger partial charge in [0.15, 0.2) is 15.5 Å². The zero-order chi connectivity index (χ0) is 17.7. The molecule has 1 aliphatic heterocycles. The molecule has 0 aliphatic carbocycles. The average Bonchev–Trinajstić information content (AvgIpc) is 2.71. The number of sulfone groups is 1. The lowest BCUT2D eigenvalue weighted by Gasteiger charge is -2.26. The van der Waals surface area contributed by atoms with Gasteiger partial charge in [-0.25, -0.2) is 17.6 Å². The molecule has 0 radical (unpaired) electrons. The quantitative estimate of drug-likeness (QED) is 0.907. The standard InChI is InChI=1S/C15H19FN2O4S/c1-7(2)10-13-9(12(15(19)20)17-18(13)5)6-23(21,22)14(10)11(16)8(3)4/h8,11H,1,6H2,2-5H3,(H,19,20). The summed E-state index contributed by atoms with van der Waals surface area (Å²) in [6.45, 7) is 8.50. The molecule has 0 bridgehead atoms. The van der Waals surface area contributed by atoms with E-state index in [1.165, 1.54) is 11.7 Å². The number of fused-ring (bicyclic) bond motifs is 1. The van der Waals surface area contributed by atoms with Gasteiger partial charge in [0, 0.05) is 18.2 Å². The van der Waals surface area contributed by atoms with E-state index in [1.807, 2.05) is 0 Å². The Balaban J connectivity index is 2.94. The van der Waals surface area contributed by atoms with Crippen LogP contribution in [0, 0.1) is 5.92 Å². The maximum atomic E-state index is 14.7. The van der Waals surface area contributed by atoms with Gasteiger partial charge in [-0.1, -0.05) is 20.4 Å². The topological polar surface area (TPSA) is 89.3 Å². The van der Waals surface area contributed by atoms with Crippen molar-refractivity contribution in [3.8, 4) is 0 Å². The van der Waals surface area contributed by atoms with Gasteiger partial charge >= 0.3 is 5.97 Å². The fourth-order valence-electron chi connectivity index (χ4n) is 2.75. The molecule has 0 amide bonds. The molecule has 1 aliphatic rings. The highest BCUT2D eigenvalue weighted by Gasteiger charge is 2.41. The van der Waals surface area contributed by atoms with Crippen molar-refractivity contribution in [1.82, 2.24) is 9.78 Å². The number of allylic oxidation sites excluding steroid dienone is 3. The summed E-state index contributed by atoms with van der Waals surface area (Å²) in [5.41, 5.74) is 0.548. The molecule has 0 saturated heterocycles. The molecule has 0 fully saturated rings. The number of aromatic nitrogens is 2. The number of aromatic carboxylic acids is 1. The molecule has 1 atom stereocenters. The number of nitrogens with zero attached hydrogens (tertiary/aromatic N) is 2. The third-order valence-electron chi connectivity index (χ3n) is 3.76. The van der Waals surface area contributed by atoms with E-state index in [0.717, 1.165) is 0 Å². The van der Waals surface area contributed by atoms with Crippen LogP contribution >= 0.6 is 0 Å². The second-order valence-electron chi connectivity index (χ2n) is 6.03. The predicted molar refractivity (Wildman–Crippen MR) is 84.3 cm³/mol. The van der Waals surface area contributed by atoms with Crippen molar-refractivity contribution in [3.05, 3.63) is 34.0 Å². The minimum atomic E-state index is -3.99. The Labute approximate surface area is 134 Å². The molecule has 0 aromatic carbocycles. The molecule has 2 heterocycles. The summed E-state index contributed by atoms with van der Waals surface area (Å²) in [4.78, 5) is 11.0. The number of rotatable bonds is 4. The van der Waals surface area contributed by atoms with Crippen molar-refractivity contribution in [3.63, 3.8) is 0 Å². The van der Waals surface area contributed by atoms with Crippen molar-refractivity contribution in [2.75, 3.05) is 0 Å². The van der Waals surface area contributed by atoms with Gasteiger partial charge in [-0.2, -0.15) is 5.10 Å². The van der Waals surface area contributed by atoms with Gasteiger partial charge in [0.25, 0.3) is 0 Å². The molecule has 1 unspecified atom stereocenters. The van der Waals surface area contributed by atoms with E-state index in [9.17, 15) is 22.7 Å². The maximum Gasteiger partial charge on any atom is 0.356 e. The highest BCUT2D eigenvalue weighted by atomic mass is 32.2. The van der Waals surface area contributed by atoms with Crippen LogP contribution in [0.2, 0.25) is 0 Å². The molecule has 1 N–H and O–H groups in total. The lowest BCUT2D eigenvalue weighted by Crippen LogP contribution is -2.27. The number of hydrogen-bond acceptors (Lipinski definition) is 4. The van der Waals surface area contributed by atoms with Crippen LogP contribution in [0.3, 0.4) is 0 Å². The third kappa shape index (κ3) is 2.71. The minimum Gasteiger partial charge on any atom is -0.476 e. The number of carboxylic acids is 1. The van der Waals surface area contributed by atoms with Crippen molar-refractivity contribution >= 4 is 21.4 Å². The Kier molecular flexibility index (Phi) is 4.23. The van der Waals surface area contributed by atoms with E-state index in [2.05, 4.69) is 11.7 Å². The first-order valence-corrected chi connectivity index (χ1v) is 8.70. The zero-order valence-electron chi connectivity index (χ0n) is 13.4. The fourth-order valence-corrected chi connectivity index (χ4v) is 4.76. The molecule has 23 heavy (non-hydrogen) atoms. The van der Waals surface area contributed by atoms with Crippen molar-refractivity contribution in [1.29, 1.82) is 0 Å². The summed E-state index contributed by atoms with van der Waals surface area (Å²) in [5.74, 6) is -2.43. The van der Waals surface area contributed by atoms with Gasteiger partial charge in [-0.3, -0.25) is 4.68 Å². The van der Waals surface area contributed by atoms with Crippen LogP contribution in [0.15, 0.2) is 17.1 Å². The highest BCUT2D eigenvalue weighted by Crippen LogP contribution is 2.42. The van der Waals surface area contributed by atoms with E-state index in [4.69, 9.17) is 0 Å². The maximum absolute atomic E-state index is 14.7. The second kappa shape index (κ2) is 5.59. The van der Waals surface area contributed by atoms with Crippen LogP contribution < -0.4 is 0 Å². The summed E-state index contributed by atoms with van der Waals surface area (Å²) < 4.78 is 41.2. The highest BCUT2D eigenvalue weighted by molar-refractivity contribution is 7.94. The van der Waals surface area contributed by atoms with Gasteiger partial charge in [-0.05, 0) is 18.4 Å². The van der Waals surface area contributed by atoms with E-state index in [-0.39, 0.29) is 21.7 Å². The molecule has 0 spiro atoms. The van der Waals surface area contributed by atoms with E-state index in [0.29, 0.717) is 11.3 Å². The number of hydrogen-bond donors (Lipinski definition) is 1.